The summed E-state index contributed by atoms with van der Waals surface area (Å²) in [5.74, 6) is -0.754. The number of carbonyl (C=O) groups is 2. The van der Waals surface area contributed by atoms with Gasteiger partial charge in [0.2, 0.25) is 5.91 Å². The quantitative estimate of drug-likeness (QED) is 0.231. The Hall–Kier alpha value is -2.69. The molecule has 11 heteroatoms. The highest BCUT2D eigenvalue weighted by atomic mass is 79.9. The molecule has 0 saturated heterocycles. The van der Waals surface area contributed by atoms with Crippen molar-refractivity contribution in [2.45, 2.75) is 31.6 Å². The molecule has 35 heavy (non-hydrogen) atoms. The minimum Gasteiger partial charge on any atom is -0.342 e. The van der Waals surface area contributed by atoms with Gasteiger partial charge in [0.05, 0.1) is 28.1 Å². The molecule has 1 heterocycles. The van der Waals surface area contributed by atoms with Crippen molar-refractivity contribution in [2.24, 2.45) is 5.92 Å². The lowest BCUT2D eigenvalue weighted by molar-refractivity contribution is -0.113. The molecule has 1 aromatic heterocycles. The van der Waals surface area contributed by atoms with E-state index < -0.39 is 17.8 Å². The zero-order valence-corrected chi connectivity index (χ0v) is 22.3. The van der Waals surface area contributed by atoms with Crippen LogP contribution in [-0.4, -0.2) is 32.3 Å². The molecule has 3 rings (SSSR count). The molecule has 7 nitrogen and oxygen atoms in total. The summed E-state index contributed by atoms with van der Waals surface area (Å²) in [4.78, 5) is 25.3. The van der Waals surface area contributed by atoms with E-state index in [0.29, 0.717) is 32.6 Å². The molecule has 3 aromatic rings. The smallest absolute Gasteiger partial charge is 0.253 e. The minimum atomic E-state index is -0.538. The van der Waals surface area contributed by atoms with E-state index in [0.717, 1.165) is 11.8 Å². The fourth-order valence-corrected chi connectivity index (χ4v) is 4.55. The summed E-state index contributed by atoms with van der Waals surface area (Å²) < 4.78 is 16.4. The summed E-state index contributed by atoms with van der Waals surface area (Å²) in [6.45, 7) is 8.08. The highest BCUT2D eigenvalue weighted by Gasteiger charge is 2.27. The van der Waals surface area contributed by atoms with E-state index in [1.165, 1.54) is 12.1 Å². The molecule has 0 bridgehead atoms. The van der Waals surface area contributed by atoms with Gasteiger partial charge >= 0.3 is 0 Å². The van der Waals surface area contributed by atoms with Gasteiger partial charge in [0.25, 0.3) is 5.91 Å². The summed E-state index contributed by atoms with van der Waals surface area (Å²) in [6.07, 6.45) is 1.68. The van der Waals surface area contributed by atoms with Crippen molar-refractivity contribution in [1.29, 1.82) is 0 Å². The lowest BCUT2D eigenvalue weighted by Gasteiger charge is -2.23. The average molecular weight is 581 g/mol. The SMILES string of the molecule is C=CCn1c(SCC(=O)Nc2ccc(Br)cc2F)nnc1C(NC(=O)c1ccccc1Cl)C(C)C. The monoisotopic (exact) mass is 579 g/mol. The van der Waals surface area contributed by atoms with Crippen LogP contribution in [0.5, 0.6) is 0 Å². The Morgan fingerprint density at radius 3 is 2.66 bits per heavy atom. The van der Waals surface area contributed by atoms with Crippen LogP contribution in [-0.2, 0) is 11.3 Å². The van der Waals surface area contributed by atoms with E-state index in [1.807, 2.05) is 13.8 Å². The first-order valence-electron chi connectivity index (χ1n) is 10.7. The van der Waals surface area contributed by atoms with Gasteiger partial charge in [-0.05, 0) is 36.2 Å². The first-order valence-corrected chi connectivity index (χ1v) is 12.8. The van der Waals surface area contributed by atoms with Gasteiger partial charge in [-0.3, -0.25) is 9.59 Å². The number of nitrogens with zero attached hydrogens (tertiary/aromatic N) is 3. The number of hydrogen-bond acceptors (Lipinski definition) is 5. The van der Waals surface area contributed by atoms with E-state index in [1.54, 1.807) is 41.0 Å². The number of allylic oxidation sites excluding steroid dienone is 1. The third kappa shape index (κ3) is 6.93. The van der Waals surface area contributed by atoms with Crippen LogP contribution in [0.3, 0.4) is 0 Å². The van der Waals surface area contributed by atoms with Crippen LogP contribution in [0, 0.1) is 11.7 Å². The van der Waals surface area contributed by atoms with Crippen molar-refractivity contribution in [1.82, 2.24) is 20.1 Å². The van der Waals surface area contributed by atoms with Gasteiger partial charge in [0.1, 0.15) is 5.82 Å². The molecule has 184 valence electrons. The lowest BCUT2D eigenvalue weighted by Crippen LogP contribution is -2.34. The number of rotatable bonds is 10. The van der Waals surface area contributed by atoms with Crippen LogP contribution < -0.4 is 10.6 Å². The molecule has 1 atom stereocenters. The highest BCUT2D eigenvalue weighted by Crippen LogP contribution is 2.27. The molecule has 2 amide bonds. The fourth-order valence-electron chi connectivity index (χ4n) is 3.24. The van der Waals surface area contributed by atoms with E-state index in [-0.39, 0.29) is 23.3 Å². The van der Waals surface area contributed by atoms with Gasteiger partial charge in [0, 0.05) is 11.0 Å². The second kappa shape index (κ2) is 12.3. The van der Waals surface area contributed by atoms with E-state index >= 15 is 0 Å². The number of halogens is 3. The van der Waals surface area contributed by atoms with E-state index in [9.17, 15) is 14.0 Å². The summed E-state index contributed by atoms with van der Waals surface area (Å²) in [7, 11) is 0. The Labute approximate surface area is 220 Å². The van der Waals surface area contributed by atoms with Gasteiger partial charge < -0.3 is 15.2 Å². The molecule has 2 aromatic carbocycles. The van der Waals surface area contributed by atoms with Crippen molar-refractivity contribution < 1.29 is 14.0 Å². The molecule has 0 aliphatic heterocycles. The zero-order valence-electron chi connectivity index (χ0n) is 19.1. The van der Waals surface area contributed by atoms with Crippen LogP contribution in [0.4, 0.5) is 10.1 Å². The van der Waals surface area contributed by atoms with E-state index in [4.69, 9.17) is 11.6 Å². The topological polar surface area (TPSA) is 88.9 Å². The van der Waals surface area contributed by atoms with Crippen molar-refractivity contribution in [3.63, 3.8) is 0 Å². The molecule has 0 radical (unpaired) electrons. The number of aromatic nitrogens is 3. The molecule has 0 saturated carbocycles. The van der Waals surface area contributed by atoms with Gasteiger partial charge in [-0.2, -0.15) is 0 Å². The van der Waals surface area contributed by atoms with Crippen molar-refractivity contribution >= 4 is 56.8 Å². The number of hydrogen-bond donors (Lipinski definition) is 2. The van der Waals surface area contributed by atoms with Gasteiger partial charge in [-0.1, -0.05) is 71.3 Å². The number of carbonyl (C=O) groups excluding carboxylic acids is 2. The van der Waals surface area contributed by atoms with Crippen LogP contribution in [0.2, 0.25) is 5.02 Å². The number of nitrogens with one attached hydrogen (secondary N) is 2. The van der Waals surface area contributed by atoms with Gasteiger partial charge in [-0.25, -0.2) is 4.39 Å². The maximum atomic E-state index is 14.0. The molecular weight excluding hydrogens is 557 g/mol. The van der Waals surface area contributed by atoms with Crippen molar-refractivity contribution in [3.05, 3.63) is 81.8 Å². The standard InChI is InChI=1S/C24H24BrClFN5O2S/c1-4-11-32-22(21(14(2)3)29-23(34)16-7-5-6-8-17(16)26)30-31-24(32)35-13-20(33)28-19-10-9-15(25)12-18(19)27/h4-10,12,14,21H,1,11,13H2,2-3H3,(H,28,33)(H,29,34). The molecule has 0 spiro atoms. The third-order valence-corrected chi connectivity index (χ3v) is 6.73. The second-order valence-corrected chi connectivity index (χ2v) is 10.1. The molecular formula is C24H24BrClFN5O2S. The summed E-state index contributed by atoms with van der Waals surface area (Å²) in [6, 6.07) is 10.7. The summed E-state index contributed by atoms with van der Waals surface area (Å²) >= 11 is 10.5. The number of benzene rings is 2. The van der Waals surface area contributed by atoms with Crippen LogP contribution in [0.1, 0.15) is 36.1 Å². The number of anilines is 1. The zero-order chi connectivity index (χ0) is 25.5. The highest BCUT2D eigenvalue weighted by molar-refractivity contribution is 9.10. The number of amides is 2. The van der Waals surface area contributed by atoms with Crippen molar-refractivity contribution in [2.75, 3.05) is 11.1 Å². The Morgan fingerprint density at radius 1 is 1.26 bits per heavy atom. The average Bonchev–Trinajstić information content (AvgIpc) is 3.20. The predicted octanol–water partition coefficient (Wildman–Crippen LogP) is 5.88. The molecule has 0 aliphatic rings. The predicted molar refractivity (Wildman–Crippen MR) is 140 cm³/mol. The van der Waals surface area contributed by atoms with Crippen LogP contribution in [0.25, 0.3) is 0 Å². The maximum Gasteiger partial charge on any atom is 0.253 e. The van der Waals surface area contributed by atoms with Crippen LogP contribution >= 0.6 is 39.3 Å². The first-order chi connectivity index (χ1) is 16.7. The first kappa shape index (κ1) is 26.9. The molecule has 0 fully saturated rings. The second-order valence-electron chi connectivity index (χ2n) is 7.88. The number of thioether (sulfide) groups is 1. The Kier molecular flexibility index (Phi) is 9.47. The summed E-state index contributed by atoms with van der Waals surface area (Å²) in [5.41, 5.74) is 0.454. The van der Waals surface area contributed by atoms with Crippen LogP contribution in [0.15, 0.2) is 64.7 Å². The molecule has 2 N–H and O–H groups in total. The molecule has 1 unspecified atom stereocenters. The Balaban J connectivity index is 1.76. The maximum absolute atomic E-state index is 14.0. The Morgan fingerprint density at radius 2 is 2.00 bits per heavy atom. The van der Waals surface area contributed by atoms with Gasteiger partial charge in [0.15, 0.2) is 11.0 Å². The van der Waals surface area contributed by atoms with Crippen molar-refractivity contribution in [3.8, 4) is 0 Å². The summed E-state index contributed by atoms with van der Waals surface area (Å²) in [5, 5.41) is 14.9. The third-order valence-electron chi connectivity index (χ3n) is 4.94. The normalized spacial score (nSPS) is 11.8. The Bertz CT molecular complexity index is 1240. The lowest BCUT2D eigenvalue weighted by atomic mass is 10.0. The van der Waals surface area contributed by atoms with E-state index in [2.05, 4.69) is 43.3 Å². The largest absolute Gasteiger partial charge is 0.342 e. The minimum absolute atomic E-state index is 0.0108. The van der Waals surface area contributed by atoms with Gasteiger partial charge in [-0.15, -0.1) is 16.8 Å². The molecule has 0 aliphatic carbocycles. The fraction of sp³-hybridized carbons (Fsp3) is 0.250.